The molecular weight excluding hydrogens is 480 g/mol. The molecule has 4 rings (SSSR count). The number of hydroxylamine groups is 1. The Bertz CT molecular complexity index is 1190. The second-order valence-electron chi connectivity index (χ2n) is 7.68. The van der Waals surface area contributed by atoms with E-state index in [0.29, 0.717) is 35.5 Å². The quantitative estimate of drug-likeness (QED) is 0.431. The summed E-state index contributed by atoms with van der Waals surface area (Å²) in [5, 5.41) is 4.29. The van der Waals surface area contributed by atoms with Crippen LogP contribution in [-0.4, -0.2) is 38.9 Å². The van der Waals surface area contributed by atoms with E-state index in [1.54, 1.807) is 31.2 Å². The molecular formula is C22H19F6N5O2. The zero-order valence-corrected chi connectivity index (χ0v) is 18.2. The number of amidine groups is 1. The number of nitrogens with one attached hydrogen (secondary N) is 1. The van der Waals surface area contributed by atoms with Crippen LogP contribution in [0.1, 0.15) is 31.7 Å². The van der Waals surface area contributed by atoms with Gasteiger partial charge in [-0.05, 0) is 30.7 Å². The molecule has 0 saturated carbocycles. The molecule has 0 amide bonds. The third kappa shape index (κ3) is 5.39. The predicted octanol–water partition coefficient (Wildman–Crippen LogP) is 5.56. The van der Waals surface area contributed by atoms with Gasteiger partial charge >= 0.3 is 12.5 Å². The first kappa shape index (κ1) is 24.5. The van der Waals surface area contributed by atoms with Crippen LogP contribution in [0.3, 0.4) is 0 Å². The van der Waals surface area contributed by atoms with E-state index in [-0.39, 0.29) is 18.0 Å². The number of halogens is 6. The van der Waals surface area contributed by atoms with Gasteiger partial charge in [0.25, 0.3) is 5.72 Å². The van der Waals surface area contributed by atoms with Crippen molar-refractivity contribution in [1.29, 1.82) is 0 Å². The van der Waals surface area contributed by atoms with Gasteiger partial charge in [0.15, 0.2) is 11.7 Å². The van der Waals surface area contributed by atoms with Gasteiger partial charge in [0.1, 0.15) is 12.1 Å². The lowest BCUT2D eigenvalue weighted by Crippen LogP contribution is -2.45. The summed E-state index contributed by atoms with van der Waals surface area (Å²) in [6.45, 7) is 1.78. The molecule has 186 valence electrons. The summed E-state index contributed by atoms with van der Waals surface area (Å²) < 4.78 is 82.9. The van der Waals surface area contributed by atoms with Gasteiger partial charge in [0.2, 0.25) is 0 Å². The van der Waals surface area contributed by atoms with Crippen molar-refractivity contribution in [2.24, 2.45) is 4.99 Å². The fourth-order valence-corrected chi connectivity index (χ4v) is 3.37. The Morgan fingerprint density at radius 3 is 2.23 bits per heavy atom. The SMILES string of the molecule is CCCCC1(C(F)(F)F)N=C(c2ccc(-c3ncn(-c4ccc(OC(F)(F)F)cc4)n3)cc2)NO1. The van der Waals surface area contributed by atoms with Crippen LogP contribution in [0.5, 0.6) is 5.75 Å². The van der Waals surface area contributed by atoms with E-state index in [9.17, 15) is 26.3 Å². The first-order chi connectivity index (χ1) is 16.5. The average molecular weight is 499 g/mol. The molecule has 3 aromatic rings. The molecule has 0 saturated heterocycles. The zero-order valence-electron chi connectivity index (χ0n) is 18.2. The van der Waals surface area contributed by atoms with Crippen LogP contribution in [0.15, 0.2) is 59.9 Å². The number of benzene rings is 2. The van der Waals surface area contributed by atoms with Crippen LogP contribution in [0.4, 0.5) is 26.3 Å². The Kier molecular flexibility index (Phi) is 6.45. The van der Waals surface area contributed by atoms with E-state index < -0.39 is 18.3 Å². The first-order valence-corrected chi connectivity index (χ1v) is 10.5. The summed E-state index contributed by atoms with van der Waals surface area (Å²) >= 11 is 0. The standard InChI is InChI=1S/C22H19F6N5O2/c1-2-3-12-20(21(23,24)25)30-19(32-35-20)15-6-4-14(5-7-15)18-29-13-33(31-18)16-8-10-17(11-9-16)34-22(26,27)28/h4-11,13H,2-3,12H2,1H3,(H,30,32). The Hall–Kier alpha value is -3.61. The minimum atomic E-state index is -4.79. The largest absolute Gasteiger partial charge is 0.573 e. The summed E-state index contributed by atoms with van der Waals surface area (Å²) in [5.41, 5.74) is 1.07. The summed E-state index contributed by atoms with van der Waals surface area (Å²) in [7, 11) is 0. The van der Waals surface area contributed by atoms with E-state index in [0.717, 1.165) is 12.1 Å². The Morgan fingerprint density at radius 2 is 1.63 bits per heavy atom. The molecule has 0 aliphatic carbocycles. The molecule has 0 spiro atoms. The molecule has 1 aliphatic rings. The number of hydrogen-bond donors (Lipinski definition) is 1. The molecule has 2 aromatic carbocycles. The van der Waals surface area contributed by atoms with Crippen LogP contribution in [0.2, 0.25) is 0 Å². The van der Waals surface area contributed by atoms with Crippen molar-refractivity contribution in [3.8, 4) is 22.8 Å². The summed E-state index contributed by atoms with van der Waals surface area (Å²) in [6.07, 6.45) is -7.53. The lowest BCUT2D eigenvalue weighted by Gasteiger charge is -2.26. The number of aliphatic imine (C=N–C) groups is 1. The van der Waals surface area contributed by atoms with Crippen molar-refractivity contribution in [2.75, 3.05) is 0 Å². The fraction of sp³-hybridized carbons (Fsp3) is 0.318. The Labute approximate surface area is 195 Å². The molecule has 1 aliphatic heterocycles. The van der Waals surface area contributed by atoms with Crippen LogP contribution < -0.4 is 10.2 Å². The Morgan fingerprint density at radius 1 is 0.971 bits per heavy atom. The highest BCUT2D eigenvalue weighted by atomic mass is 19.4. The van der Waals surface area contributed by atoms with Crippen molar-refractivity contribution in [2.45, 2.75) is 44.4 Å². The number of ether oxygens (including phenoxy) is 1. The van der Waals surface area contributed by atoms with E-state index in [1.165, 1.54) is 23.1 Å². The lowest BCUT2D eigenvalue weighted by atomic mass is 10.1. The maximum atomic E-state index is 13.6. The van der Waals surface area contributed by atoms with Crippen molar-refractivity contribution < 1.29 is 35.9 Å². The summed E-state index contributed by atoms with van der Waals surface area (Å²) in [4.78, 5) is 12.9. The van der Waals surface area contributed by atoms with Gasteiger partial charge in [0, 0.05) is 17.5 Å². The van der Waals surface area contributed by atoms with Gasteiger partial charge < -0.3 is 4.74 Å². The normalized spacial score (nSPS) is 18.3. The lowest BCUT2D eigenvalue weighted by molar-refractivity contribution is -0.280. The van der Waals surface area contributed by atoms with Crippen LogP contribution in [-0.2, 0) is 4.84 Å². The molecule has 0 fully saturated rings. The van der Waals surface area contributed by atoms with Gasteiger partial charge in [-0.15, -0.1) is 18.3 Å². The van der Waals surface area contributed by atoms with E-state index in [1.807, 2.05) is 0 Å². The molecule has 13 heteroatoms. The molecule has 0 bridgehead atoms. The van der Waals surface area contributed by atoms with Gasteiger partial charge in [-0.1, -0.05) is 37.6 Å². The van der Waals surface area contributed by atoms with Crippen LogP contribution >= 0.6 is 0 Å². The molecule has 1 unspecified atom stereocenters. The topological polar surface area (TPSA) is 73.6 Å². The van der Waals surface area contributed by atoms with E-state index >= 15 is 0 Å². The second-order valence-corrected chi connectivity index (χ2v) is 7.68. The highest BCUT2D eigenvalue weighted by Crippen LogP contribution is 2.41. The van der Waals surface area contributed by atoms with Gasteiger partial charge in [-0.3, -0.25) is 0 Å². The third-order valence-corrected chi connectivity index (χ3v) is 5.16. The summed E-state index contributed by atoms with van der Waals surface area (Å²) in [5.74, 6) is -0.101. The third-order valence-electron chi connectivity index (χ3n) is 5.16. The van der Waals surface area contributed by atoms with Crippen molar-refractivity contribution >= 4 is 5.84 Å². The minimum absolute atomic E-state index is 0.0374. The van der Waals surface area contributed by atoms with Crippen LogP contribution in [0.25, 0.3) is 17.1 Å². The van der Waals surface area contributed by atoms with E-state index in [4.69, 9.17) is 4.84 Å². The fourth-order valence-electron chi connectivity index (χ4n) is 3.37. The number of hydrogen-bond acceptors (Lipinski definition) is 6. The number of unbranched alkanes of at least 4 members (excludes halogenated alkanes) is 1. The maximum Gasteiger partial charge on any atom is 0.573 e. The first-order valence-electron chi connectivity index (χ1n) is 10.5. The zero-order chi connectivity index (χ0) is 25.3. The highest BCUT2D eigenvalue weighted by molar-refractivity contribution is 5.99. The predicted molar refractivity (Wildman–Crippen MR) is 113 cm³/mol. The summed E-state index contributed by atoms with van der Waals surface area (Å²) in [6, 6.07) is 11.4. The number of rotatable bonds is 7. The van der Waals surface area contributed by atoms with Crippen LogP contribution in [0, 0.1) is 0 Å². The minimum Gasteiger partial charge on any atom is -0.406 e. The van der Waals surface area contributed by atoms with Gasteiger partial charge in [-0.2, -0.15) is 13.2 Å². The molecule has 0 radical (unpaired) electrons. The number of aromatic nitrogens is 3. The molecule has 7 nitrogen and oxygen atoms in total. The smallest absolute Gasteiger partial charge is 0.406 e. The monoisotopic (exact) mass is 499 g/mol. The molecule has 2 heterocycles. The molecule has 1 atom stereocenters. The average Bonchev–Trinajstić information content (AvgIpc) is 3.46. The molecule has 1 aromatic heterocycles. The number of alkyl halides is 6. The second kappa shape index (κ2) is 9.21. The Balaban J connectivity index is 1.50. The van der Waals surface area contributed by atoms with Gasteiger partial charge in [0.05, 0.1) is 5.69 Å². The number of nitrogens with zero attached hydrogens (tertiary/aromatic N) is 4. The molecule has 1 N–H and O–H groups in total. The van der Waals surface area contributed by atoms with Crippen molar-refractivity contribution in [3.63, 3.8) is 0 Å². The van der Waals surface area contributed by atoms with Crippen molar-refractivity contribution in [3.05, 3.63) is 60.4 Å². The molecule has 35 heavy (non-hydrogen) atoms. The van der Waals surface area contributed by atoms with Crippen molar-refractivity contribution in [1.82, 2.24) is 20.2 Å². The van der Waals surface area contributed by atoms with E-state index in [2.05, 4.69) is 25.3 Å². The van der Waals surface area contributed by atoms with Gasteiger partial charge in [-0.25, -0.2) is 25.0 Å². The highest BCUT2D eigenvalue weighted by Gasteiger charge is 2.59. The maximum absolute atomic E-state index is 13.6.